The minimum absolute atomic E-state index is 0.947. The highest BCUT2D eigenvalue weighted by Gasteiger charge is 1.98. The number of rotatable bonds is 8. The third-order valence-electron chi connectivity index (χ3n) is 3.05. The molecule has 0 aliphatic carbocycles. The summed E-state index contributed by atoms with van der Waals surface area (Å²) in [4.78, 5) is 0. The van der Waals surface area contributed by atoms with E-state index in [-0.39, 0.29) is 0 Å². The highest BCUT2D eigenvalue weighted by molar-refractivity contribution is 7.98. The summed E-state index contributed by atoms with van der Waals surface area (Å²) in [5.74, 6) is 1.26. The molecule has 0 radical (unpaired) electrons. The van der Waals surface area contributed by atoms with Gasteiger partial charge in [-0.25, -0.2) is 0 Å². The maximum absolute atomic E-state index is 3.97. The molecule has 0 bridgehead atoms. The number of hydrogen-bond donors (Lipinski definition) is 2. The van der Waals surface area contributed by atoms with Crippen molar-refractivity contribution >= 4 is 11.8 Å². The van der Waals surface area contributed by atoms with E-state index in [2.05, 4.69) is 46.0 Å². The lowest BCUT2D eigenvalue weighted by Gasteiger charge is -2.05. The second-order valence-corrected chi connectivity index (χ2v) is 5.53. The van der Waals surface area contributed by atoms with Crippen molar-refractivity contribution in [3.05, 3.63) is 42.1 Å². The Labute approximate surface area is 119 Å². The second kappa shape index (κ2) is 8.02. The van der Waals surface area contributed by atoms with Crippen molar-refractivity contribution < 1.29 is 0 Å². The van der Waals surface area contributed by atoms with Crippen LogP contribution in [-0.4, -0.2) is 28.8 Å². The topological polar surface area (TPSA) is 40.7 Å². The van der Waals surface area contributed by atoms with Gasteiger partial charge in [-0.15, -0.1) is 0 Å². The van der Waals surface area contributed by atoms with Gasteiger partial charge in [0.15, 0.2) is 0 Å². The Balaban J connectivity index is 1.73. The number of aromatic nitrogens is 2. The van der Waals surface area contributed by atoms with Gasteiger partial charge in [-0.1, -0.05) is 24.3 Å². The van der Waals surface area contributed by atoms with E-state index in [1.807, 2.05) is 17.8 Å². The molecule has 0 atom stereocenters. The molecule has 102 valence electrons. The summed E-state index contributed by atoms with van der Waals surface area (Å²) in [6.45, 7) is 2.05. The Bertz CT molecular complexity index is 451. The van der Waals surface area contributed by atoms with E-state index in [1.54, 1.807) is 6.20 Å². The van der Waals surface area contributed by atoms with Crippen LogP contribution in [-0.2, 0) is 6.54 Å². The van der Waals surface area contributed by atoms with Gasteiger partial charge >= 0.3 is 0 Å². The lowest BCUT2D eigenvalue weighted by Crippen LogP contribution is -2.14. The van der Waals surface area contributed by atoms with Crippen molar-refractivity contribution in [2.24, 2.45) is 0 Å². The molecule has 0 amide bonds. The second-order valence-electron chi connectivity index (χ2n) is 4.54. The van der Waals surface area contributed by atoms with Crippen molar-refractivity contribution in [1.82, 2.24) is 15.5 Å². The molecule has 0 aliphatic heterocycles. The van der Waals surface area contributed by atoms with Crippen LogP contribution in [0.2, 0.25) is 0 Å². The molecular weight excluding hydrogens is 254 g/mol. The molecule has 0 fully saturated rings. The number of aromatic amines is 1. The van der Waals surface area contributed by atoms with Crippen molar-refractivity contribution in [3.63, 3.8) is 0 Å². The third-order valence-corrected chi connectivity index (χ3v) is 3.74. The van der Waals surface area contributed by atoms with Crippen molar-refractivity contribution in [2.75, 3.05) is 18.6 Å². The summed E-state index contributed by atoms with van der Waals surface area (Å²) in [5.41, 5.74) is 3.57. The van der Waals surface area contributed by atoms with Crippen LogP contribution >= 0.6 is 11.8 Å². The quantitative estimate of drug-likeness (QED) is 0.726. The molecule has 19 heavy (non-hydrogen) atoms. The zero-order valence-electron chi connectivity index (χ0n) is 11.4. The number of benzene rings is 1. The average Bonchev–Trinajstić information content (AvgIpc) is 2.97. The fraction of sp³-hybridized carbons (Fsp3) is 0.400. The van der Waals surface area contributed by atoms with Crippen LogP contribution in [0.3, 0.4) is 0 Å². The smallest absolute Gasteiger partial charge is 0.0650 e. The summed E-state index contributed by atoms with van der Waals surface area (Å²) in [6, 6.07) is 10.6. The Morgan fingerprint density at radius 2 is 2.00 bits per heavy atom. The predicted octanol–water partition coefficient (Wildman–Crippen LogP) is 3.31. The lowest BCUT2D eigenvalue weighted by atomic mass is 10.1. The predicted molar refractivity (Wildman–Crippen MR) is 83.3 cm³/mol. The van der Waals surface area contributed by atoms with Crippen molar-refractivity contribution in [3.8, 4) is 11.3 Å². The first-order chi connectivity index (χ1) is 9.40. The Morgan fingerprint density at radius 3 is 2.68 bits per heavy atom. The maximum atomic E-state index is 3.97. The Morgan fingerprint density at radius 1 is 1.16 bits per heavy atom. The molecular formula is C15H21N3S. The number of nitrogens with one attached hydrogen (secondary N) is 2. The van der Waals surface area contributed by atoms with Crippen molar-refractivity contribution in [2.45, 2.75) is 19.4 Å². The highest BCUT2D eigenvalue weighted by Crippen LogP contribution is 2.16. The monoisotopic (exact) mass is 275 g/mol. The molecule has 0 saturated heterocycles. The summed E-state index contributed by atoms with van der Waals surface area (Å²) in [5, 5.41) is 10.4. The average molecular weight is 275 g/mol. The van der Waals surface area contributed by atoms with E-state index in [1.165, 1.54) is 29.7 Å². The van der Waals surface area contributed by atoms with Gasteiger partial charge in [0, 0.05) is 12.7 Å². The molecule has 1 aromatic carbocycles. The van der Waals surface area contributed by atoms with Gasteiger partial charge in [-0.05, 0) is 48.6 Å². The van der Waals surface area contributed by atoms with E-state index in [9.17, 15) is 0 Å². The molecule has 0 aliphatic rings. The van der Waals surface area contributed by atoms with E-state index in [0.717, 1.165) is 18.8 Å². The maximum Gasteiger partial charge on any atom is 0.0650 e. The Kier molecular flexibility index (Phi) is 5.98. The van der Waals surface area contributed by atoms with Gasteiger partial charge in [0.1, 0.15) is 0 Å². The van der Waals surface area contributed by atoms with Crippen LogP contribution in [0.4, 0.5) is 0 Å². The van der Waals surface area contributed by atoms with Gasteiger partial charge in [0.2, 0.25) is 0 Å². The standard InChI is InChI=1S/C15H21N3S/c1-19-11-3-2-9-16-12-13-4-6-14(7-5-13)15-8-10-17-18-15/h4-8,10,16H,2-3,9,11-12H2,1H3,(H,17,18). The van der Waals surface area contributed by atoms with E-state index in [0.29, 0.717) is 0 Å². The van der Waals surface area contributed by atoms with Crippen LogP contribution in [0.25, 0.3) is 11.3 Å². The first-order valence-electron chi connectivity index (χ1n) is 6.68. The molecule has 2 N–H and O–H groups in total. The number of H-pyrrole nitrogens is 1. The molecule has 3 nitrogen and oxygen atoms in total. The summed E-state index contributed by atoms with van der Waals surface area (Å²) < 4.78 is 0. The number of thioether (sulfide) groups is 1. The fourth-order valence-electron chi connectivity index (χ4n) is 1.95. The first-order valence-corrected chi connectivity index (χ1v) is 8.08. The molecule has 2 aromatic rings. The van der Waals surface area contributed by atoms with Crippen LogP contribution in [0.5, 0.6) is 0 Å². The zero-order chi connectivity index (χ0) is 13.3. The SMILES string of the molecule is CSCCCCNCc1ccc(-c2ccn[nH]2)cc1. The molecule has 0 spiro atoms. The van der Waals surface area contributed by atoms with E-state index >= 15 is 0 Å². The molecule has 0 unspecified atom stereocenters. The van der Waals surface area contributed by atoms with Gasteiger partial charge in [-0.2, -0.15) is 16.9 Å². The summed E-state index contributed by atoms with van der Waals surface area (Å²) in [6.07, 6.45) is 6.49. The minimum Gasteiger partial charge on any atom is -0.313 e. The largest absolute Gasteiger partial charge is 0.313 e. The molecule has 1 aromatic heterocycles. The van der Waals surface area contributed by atoms with Gasteiger partial charge in [0.25, 0.3) is 0 Å². The van der Waals surface area contributed by atoms with E-state index in [4.69, 9.17) is 0 Å². The van der Waals surface area contributed by atoms with Crippen LogP contribution in [0.1, 0.15) is 18.4 Å². The summed E-state index contributed by atoms with van der Waals surface area (Å²) in [7, 11) is 0. The normalized spacial score (nSPS) is 10.8. The van der Waals surface area contributed by atoms with Gasteiger partial charge in [-0.3, -0.25) is 5.10 Å². The molecule has 4 heteroatoms. The number of hydrogen-bond acceptors (Lipinski definition) is 3. The Hall–Kier alpha value is -1.26. The number of nitrogens with zero attached hydrogens (tertiary/aromatic N) is 1. The van der Waals surface area contributed by atoms with Crippen LogP contribution in [0.15, 0.2) is 36.5 Å². The minimum atomic E-state index is 0.947. The van der Waals surface area contributed by atoms with Gasteiger partial charge < -0.3 is 5.32 Å². The molecule has 2 rings (SSSR count). The van der Waals surface area contributed by atoms with Crippen LogP contribution in [0, 0.1) is 0 Å². The molecule has 1 heterocycles. The highest BCUT2D eigenvalue weighted by atomic mass is 32.2. The third kappa shape index (κ3) is 4.73. The molecule has 0 saturated carbocycles. The van der Waals surface area contributed by atoms with Crippen molar-refractivity contribution in [1.29, 1.82) is 0 Å². The first kappa shape index (κ1) is 14.2. The lowest BCUT2D eigenvalue weighted by molar-refractivity contribution is 0.644. The van der Waals surface area contributed by atoms with E-state index < -0.39 is 0 Å². The zero-order valence-corrected chi connectivity index (χ0v) is 12.2. The van der Waals surface area contributed by atoms with Gasteiger partial charge in [0.05, 0.1) is 5.69 Å². The summed E-state index contributed by atoms with van der Waals surface area (Å²) >= 11 is 1.92. The fourth-order valence-corrected chi connectivity index (χ4v) is 2.44. The van der Waals surface area contributed by atoms with Crippen LogP contribution < -0.4 is 5.32 Å². The number of unbranched alkanes of at least 4 members (excludes halogenated alkanes) is 1.